The number of quaternary nitrogens is 1. The molecule has 0 aromatic heterocycles. The zero-order valence-corrected chi connectivity index (χ0v) is 23.8. The molecule has 1 spiro atoms. The molecule has 7 heteroatoms. The second-order valence-corrected chi connectivity index (χ2v) is 21.3. The van der Waals surface area contributed by atoms with Crippen molar-refractivity contribution >= 4 is 74.0 Å². The molecule has 6 heterocycles. The number of para-hydroxylation sites is 2. The molecule has 180 valence electrons. The number of hydrogen-bond acceptors (Lipinski definition) is 3. The van der Waals surface area contributed by atoms with Gasteiger partial charge in [0, 0.05) is 0 Å². The Morgan fingerprint density at radius 2 is 1.55 bits per heavy atom. The van der Waals surface area contributed by atoms with Crippen molar-refractivity contribution in [2.45, 2.75) is 3.82 Å². The summed E-state index contributed by atoms with van der Waals surface area (Å²) in [4.78, 5) is 11.6. The van der Waals surface area contributed by atoms with E-state index in [-0.39, 0.29) is 6.85 Å². The topological polar surface area (TPSA) is 37.4 Å². The van der Waals surface area contributed by atoms with Gasteiger partial charge < -0.3 is 0 Å². The van der Waals surface area contributed by atoms with Crippen molar-refractivity contribution in [3.05, 3.63) is 101 Å². The number of hydrogen-bond donors (Lipinski definition) is 1. The number of aliphatic imine (C=N–C) groups is 1. The molecule has 6 aliphatic heterocycles. The number of nitrogens with one attached hydrogen (secondary N) is 1. The van der Waals surface area contributed by atoms with Crippen LogP contribution in [0, 0.1) is 0 Å². The first-order chi connectivity index (χ1) is 18.8. The van der Waals surface area contributed by atoms with Gasteiger partial charge in [0.1, 0.15) is 0 Å². The van der Waals surface area contributed by atoms with Gasteiger partial charge in [-0.15, -0.1) is 0 Å². The number of nitrogens with zero attached hydrogens (tertiary/aromatic N) is 4. The monoisotopic (exact) mass is 684 g/mol. The molecule has 0 saturated carbocycles. The van der Waals surface area contributed by atoms with Crippen LogP contribution in [0.5, 0.6) is 0 Å². The SMILES string of the molecule is CN1C=C[NH+]2c3ccc4c5[c]3[Po]3([N-]C=CC=Nc6ccc7c([c]63)B5N(c3ccccc3-7)c3ccccc3-4)[CH]12. The van der Waals surface area contributed by atoms with Gasteiger partial charge in [0.05, 0.1) is 0 Å². The summed E-state index contributed by atoms with van der Waals surface area (Å²) in [6, 6.07) is 27.4. The average molecular weight is 684 g/mol. The van der Waals surface area contributed by atoms with Crippen LogP contribution in [0.2, 0.25) is 0 Å². The average Bonchev–Trinajstić information content (AvgIpc) is 3.47. The standard InChI is InChI=1S/C31H22BN5.Po/c1-35-17-18-36(21-35)23-12-14-25-27-8-3-5-10-31(27)37-30-9-4-2-7-26(30)24-13-11-22(34-16-6-15-33)19-28(24)32(37)29(25)20-23;/h2-18,21,36H,1H3;. The summed E-state index contributed by atoms with van der Waals surface area (Å²) in [5.41, 5.74) is 13.4. The Labute approximate surface area is 226 Å². The van der Waals surface area contributed by atoms with E-state index >= 15 is 0 Å². The molecule has 0 fully saturated rings. The Hall–Kier alpha value is -3.65. The van der Waals surface area contributed by atoms with E-state index in [9.17, 15) is 0 Å². The zero-order valence-electron chi connectivity index (χ0n) is 20.7. The molecule has 1 N–H and O–H groups in total. The van der Waals surface area contributed by atoms with E-state index < -0.39 is 20.9 Å². The molecular formula is C31H22BN5Po. The molecule has 10 rings (SSSR count). The molecule has 0 bridgehead atoms. The van der Waals surface area contributed by atoms with Crippen LogP contribution >= 0.6 is 0 Å². The minimum atomic E-state index is -3.79. The fourth-order valence-electron chi connectivity index (χ4n) is 7.83. The second kappa shape index (κ2) is 6.67. The summed E-state index contributed by atoms with van der Waals surface area (Å²) in [6.45, 7) is 0.126. The predicted molar refractivity (Wildman–Crippen MR) is 158 cm³/mol. The molecular weight excluding hydrogens is 662 g/mol. The maximum atomic E-state index is 5.74. The van der Waals surface area contributed by atoms with Gasteiger partial charge in [0.15, 0.2) is 0 Å². The molecule has 4 aromatic carbocycles. The quantitative estimate of drug-likeness (QED) is 0.289. The van der Waals surface area contributed by atoms with Crippen LogP contribution in [-0.2, 0) is 0 Å². The summed E-state index contributed by atoms with van der Waals surface area (Å²) in [6.07, 6.45) is 10.7. The van der Waals surface area contributed by atoms with E-state index in [0.717, 1.165) is 5.69 Å². The molecule has 5 nitrogen and oxygen atoms in total. The second-order valence-electron chi connectivity index (χ2n) is 10.7. The molecule has 4 aromatic rings. The summed E-state index contributed by atoms with van der Waals surface area (Å²) < 4.78 is 9.09. The van der Waals surface area contributed by atoms with Gasteiger partial charge in [-0.2, -0.15) is 0 Å². The van der Waals surface area contributed by atoms with E-state index in [2.05, 4.69) is 108 Å². The first kappa shape index (κ1) is 20.3. The van der Waals surface area contributed by atoms with E-state index in [1.807, 2.05) is 12.3 Å². The van der Waals surface area contributed by atoms with E-state index in [1.54, 1.807) is 3.22 Å². The van der Waals surface area contributed by atoms with Gasteiger partial charge in [-0.1, -0.05) is 0 Å². The summed E-state index contributed by atoms with van der Waals surface area (Å²) in [7, 11) is 2.25. The van der Waals surface area contributed by atoms with Crippen molar-refractivity contribution < 1.29 is 4.90 Å². The maximum absolute atomic E-state index is 5.74. The Balaban J connectivity index is 1.48. The van der Waals surface area contributed by atoms with Crippen molar-refractivity contribution in [1.82, 2.24) is 4.90 Å². The Kier molecular flexibility index (Phi) is 3.57. The molecule has 6 aliphatic rings. The van der Waals surface area contributed by atoms with Crippen LogP contribution < -0.4 is 27.1 Å². The van der Waals surface area contributed by atoms with Crippen molar-refractivity contribution in [3.8, 4) is 22.3 Å². The normalized spacial score (nSPS) is 26.5. The number of rotatable bonds is 0. The van der Waals surface area contributed by atoms with Gasteiger partial charge in [-0.3, -0.25) is 0 Å². The van der Waals surface area contributed by atoms with Crippen molar-refractivity contribution in [3.63, 3.8) is 0 Å². The summed E-state index contributed by atoms with van der Waals surface area (Å²) in [5.74, 6) is 0. The third-order valence-electron chi connectivity index (χ3n) is 9.08. The molecule has 0 aliphatic carbocycles. The Morgan fingerprint density at radius 1 is 0.842 bits per heavy atom. The fraction of sp³-hybridized carbons (Fsp3) is 0.0645. The van der Waals surface area contributed by atoms with Crippen LogP contribution in [-0.4, -0.2) is 49.7 Å². The van der Waals surface area contributed by atoms with Crippen LogP contribution in [0.3, 0.4) is 0 Å². The Morgan fingerprint density at radius 3 is 2.34 bits per heavy atom. The number of anilines is 2. The third kappa shape index (κ3) is 2.06. The number of benzene rings is 4. The minimum absolute atomic E-state index is 0.126. The van der Waals surface area contributed by atoms with E-state index in [0.29, 0.717) is 3.82 Å². The molecule has 0 saturated heterocycles. The summed E-state index contributed by atoms with van der Waals surface area (Å²) in [5, 5.41) is 0. The number of fused-ring (bicyclic) bond motifs is 8. The fourth-order valence-corrected chi connectivity index (χ4v) is 25.1. The van der Waals surface area contributed by atoms with Gasteiger partial charge in [0.25, 0.3) is 0 Å². The first-order valence-electron chi connectivity index (χ1n) is 13.1. The van der Waals surface area contributed by atoms with E-state index in [4.69, 9.17) is 8.21 Å². The first-order valence-corrected chi connectivity index (χ1v) is 19.5. The zero-order chi connectivity index (χ0) is 24.7. The van der Waals surface area contributed by atoms with Gasteiger partial charge >= 0.3 is 227 Å². The van der Waals surface area contributed by atoms with E-state index in [1.165, 1.54) is 58.4 Å². The van der Waals surface area contributed by atoms with Crippen molar-refractivity contribution in [2.24, 2.45) is 4.99 Å². The van der Waals surface area contributed by atoms with Gasteiger partial charge in [-0.05, 0) is 0 Å². The molecule has 0 amide bonds. The van der Waals surface area contributed by atoms with Crippen LogP contribution in [0.1, 0.15) is 0 Å². The van der Waals surface area contributed by atoms with Crippen LogP contribution in [0.15, 0.2) is 102 Å². The number of allylic oxidation sites excluding steroid dienone is 1. The molecule has 3 atom stereocenters. The van der Waals surface area contributed by atoms with Crippen molar-refractivity contribution in [2.75, 3.05) is 11.9 Å². The van der Waals surface area contributed by atoms with Gasteiger partial charge in [0.2, 0.25) is 0 Å². The predicted octanol–water partition coefficient (Wildman–Crippen LogP) is 2.38. The molecule has 0 radical (unpaired) electrons. The summed E-state index contributed by atoms with van der Waals surface area (Å²) >= 11 is -3.79. The third-order valence-corrected chi connectivity index (χ3v) is 23.9. The van der Waals surface area contributed by atoms with Crippen LogP contribution in [0.25, 0.3) is 25.5 Å². The Bertz CT molecular complexity index is 1880. The molecule has 38 heavy (non-hydrogen) atoms. The molecule has 3 unspecified atom stereocenters. The van der Waals surface area contributed by atoms with Gasteiger partial charge in [-0.25, -0.2) is 0 Å². The van der Waals surface area contributed by atoms with Crippen molar-refractivity contribution in [1.29, 1.82) is 0 Å². The van der Waals surface area contributed by atoms with Crippen LogP contribution in [0.4, 0.5) is 22.7 Å².